The van der Waals surface area contributed by atoms with Crippen LogP contribution in [0.25, 0.3) is 0 Å². The fraction of sp³-hybridized carbons (Fsp3) is 0.667. The fourth-order valence-electron chi connectivity index (χ4n) is 0.404. The van der Waals surface area contributed by atoms with Crippen LogP contribution in [0.3, 0.4) is 0 Å². The molecule has 0 aliphatic heterocycles. The average molecular weight is 256 g/mol. The molecule has 0 fully saturated rings. The molecule has 0 aliphatic rings. The van der Waals surface area contributed by atoms with Crippen molar-refractivity contribution in [3.05, 3.63) is 0 Å². The van der Waals surface area contributed by atoms with Gasteiger partial charge in [-0.15, -0.1) is 0 Å². The molecule has 1 unspecified atom stereocenters. The van der Waals surface area contributed by atoms with Crippen LogP contribution in [0.15, 0.2) is 0 Å². The second-order valence-corrected chi connectivity index (χ2v) is 2.53. The van der Waals surface area contributed by atoms with E-state index in [1.807, 2.05) is 22.6 Å². The summed E-state index contributed by atoms with van der Waals surface area (Å²) in [5.41, 5.74) is 0. The molecule has 0 heterocycles. The third kappa shape index (κ3) is 3.14. The lowest BCUT2D eigenvalue weighted by molar-refractivity contribution is -0.148. The Balaban J connectivity index is 3.76. The van der Waals surface area contributed by atoms with E-state index in [0.717, 1.165) is 0 Å². The van der Waals surface area contributed by atoms with E-state index in [0.29, 0.717) is 17.3 Å². The zero-order chi connectivity index (χ0) is 7.98. The number of rotatable bonds is 4. The zero-order valence-electron chi connectivity index (χ0n) is 5.67. The lowest BCUT2D eigenvalue weighted by atomic mass is 10.2. The minimum atomic E-state index is -0.583. The van der Waals surface area contributed by atoms with E-state index in [-0.39, 0.29) is 0 Å². The van der Waals surface area contributed by atoms with E-state index in [9.17, 15) is 9.59 Å². The average Bonchev–Trinajstić information content (AvgIpc) is 1.91. The first-order valence-corrected chi connectivity index (χ1v) is 4.46. The highest BCUT2D eigenvalue weighted by Gasteiger charge is 2.16. The van der Waals surface area contributed by atoms with Crippen molar-refractivity contribution in [3.63, 3.8) is 0 Å². The molecule has 0 aromatic carbocycles. The van der Waals surface area contributed by atoms with Crippen molar-refractivity contribution in [2.75, 3.05) is 11.0 Å². The summed E-state index contributed by atoms with van der Waals surface area (Å²) in [6.45, 7) is 2.05. The molecule has 0 aliphatic carbocycles. The minimum absolute atomic E-state index is 0.333. The summed E-state index contributed by atoms with van der Waals surface area (Å²) in [6.07, 6.45) is 0.616. The smallest absolute Gasteiger partial charge is 0.316 e. The first kappa shape index (κ1) is 9.87. The number of carbonyl (C=O) groups excluding carboxylic acids is 2. The Hall–Kier alpha value is -0.130. The summed E-state index contributed by atoms with van der Waals surface area (Å²) >= 11 is 1.97. The van der Waals surface area contributed by atoms with Crippen LogP contribution in [-0.4, -0.2) is 23.3 Å². The van der Waals surface area contributed by atoms with Crippen LogP contribution in [0.4, 0.5) is 0 Å². The third-order valence-electron chi connectivity index (χ3n) is 0.920. The van der Waals surface area contributed by atoms with Crippen molar-refractivity contribution in [2.45, 2.75) is 6.92 Å². The SMILES string of the molecule is CCOC(=O)C(C=O)CI. The van der Waals surface area contributed by atoms with Crippen LogP contribution < -0.4 is 0 Å². The maximum Gasteiger partial charge on any atom is 0.316 e. The minimum Gasteiger partial charge on any atom is -0.465 e. The van der Waals surface area contributed by atoms with Crippen molar-refractivity contribution in [3.8, 4) is 0 Å². The van der Waals surface area contributed by atoms with Gasteiger partial charge in [0.25, 0.3) is 0 Å². The third-order valence-corrected chi connectivity index (χ3v) is 1.87. The molecule has 4 heteroatoms. The fourth-order valence-corrected chi connectivity index (χ4v) is 0.971. The molecule has 0 N–H and O–H groups in total. The molecule has 0 aromatic rings. The van der Waals surface area contributed by atoms with Crippen molar-refractivity contribution in [1.82, 2.24) is 0 Å². The molecule has 10 heavy (non-hydrogen) atoms. The largest absolute Gasteiger partial charge is 0.465 e. The van der Waals surface area contributed by atoms with Gasteiger partial charge in [0, 0.05) is 4.43 Å². The second kappa shape index (κ2) is 5.64. The van der Waals surface area contributed by atoms with Crippen LogP contribution in [0.5, 0.6) is 0 Å². The number of halogens is 1. The van der Waals surface area contributed by atoms with E-state index in [2.05, 4.69) is 4.74 Å². The molecule has 0 saturated heterocycles. The molecule has 0 aromatic heterocycles. The highest BCUT2D eigenvalue weighted by atomic mass is 127. The Kier molecular flexibility index (Phi) is 5.57. The maximum atomic E-state index is 10.7. The van der Waals surface area contributed by atoms with E-state index in [4.69, 9.17) is 0 Å². The number of hydrogen-bond acceptors (Lipinski definition) is 3. The van der Waals surface area contributed by atoms with Crippen molar-refractivity contribution >= 4 is 34.8 Å². The van der Waals surface area contributed by atoms with Gasteiger partial charge in [0.1, 0.15) is 12.2 Å². The number of aldehydes is 1. The highest BCUT2D eigenvalue weighted by molar-refractivity contribution is 14.1. The molecule has 1 atom stereocenters. The van der Waals surface area contributed by atoms with E-state index in [1.54, 1.807) is 6.92 Å². The Bertz CT molecular complexity index is 124. The summed E-state index contributed by atoms with van der Waals surface area (Å²) in [5.74, 6) is -1.01. The van der Waals surface area contributed by atoms with Gasteiger partial charge in [-0.2, -0.15) is 0 Å². The van der Waals surface area contributed by atoms with Crippen molar-refractivity contribution < 1.29 is 14.3 Å². The van der Waals surface area contributed by atoms with Gasteiger partial charge in [-0.1, -0.05) is 22.6 Å². The summed E-state index contributed by atoms with van der Waals surface area (Å²) in [4.78, 5) is 20.9. The predicted octanol–water partition coefficient (Wildman–Crippen LogP) is 0.800. The number of hydrogen-bond donors (Lipinski definition) is 0. The number of esters is 1. The number of alkyl halides is 1. The van der Waals surface area contributed by atoms with Crippen molar-refractivity contribution in [1.29, 1.82) is 0 Å². The molecule has 0 amide bonds. The summed E-state index contributed by atoms with van der Waals surface area (Å²) < 4.78 is 5.10. The van der Waals surface area contributed by atoms with Gasteiger partial charge < -0.3 is 9.53 Å². The van der Waals surface area contributed by atoms with Gasteiger partial charge in [-0.25, -0.2) is 0 Å². The van der Waals surface area contributed by atoms with E-state index in [1.165, 1.54) is 0 Å². The Morgan fingerprint density at radius 3 is 2.70 bits per heavy atom. The summed E-state index contributed by atoms with van der Waals surface area (Å²) in [7, 11) is 0. The normalized spacial score (nSPS) is 12.2. The van der Waals surface area contributed by atoms with E-state index < -0.39 is 11.9 Å². The van der Waals surface area contributed by atoms with Crippen LogP contribution in [0.2, 0.25) is 0 Å². The highest BCUT2D eigenvalue weighted by Crippen LogP contribution is 2.00. The van der Waals surface area contributed by atoms with Crippen LogP contribution in [-0.2, 0) is 14.3 Å². The lowest BCUT2D eigenvalue weighted by Gasteiger charge is -2.03. The molecule has 0 rings (SSSR count). The van der Waals surface area contributed by atoms with Crippen molar-refractivity contribution in [2.24, 2.45) is 5.92 Å². The Morgan fingerprint density at radius 2 is 2.40 bits per heavy atom. The van der Waals surface area contributed by atoms with Crippen LogP contribution in [0, 0.1) is 5.92 Å². The lowest BCUT2D eigenvalue weighted by Crippen LogP contribution is -2.19. The molecule has 0 bridgehead atoms. The molecule has 58 valence electrons. The molecular formula is C6H9IO3. The van der Waals surface area contributed by atoms with Gasteiger partial charge in [0.05, 0.1) is 6.61 Å². The summed E-state index contributed by atoms with van der Waals surface area (Å²) in [5, 5.41) is 0. The first-order valence-electron chi connectivity index (χ1n) is 2.94. The van der Waals surface area contributed by atoms with E-state index >= 15 is 0 Å². The van der Waals surface area contributed by atoms with Crippen LogP contribution in [0.1, 0.15) is 6.92 Å². The molecular weight excluding hydrogens is 247 g/mol. The zero-order valence-corrected chi connectivity index (χ0v) is 7.83. The van der Waals surface area contributed by atoms with Gasteiger partial charge in [-0.05, 0) is 6.92 Å². The monoisotopic (exact) mass is 256 g/mol. The first-order chi connectivity index (χ1) is 4.76. The predicted molar refractivity (Wildman–Crippen MR) is 45.1 cm³/mol. The molecule has 3 nitrogen and oxygen atoms in total. The number of carbonyl (C=O) groups is 2. The molecule has 0 saturated carbocycles. The van der Waals surface area contributed by atoms with Gasteiger partial charge in [-0.3, -0.25) is 4.79 Å². The quantitative estimate of drug-likeness (QED) is 0.246. The summed E-state index contributed by atoms with van der Waals surface area (Å²) in [6, 6.07) is 0. The second-order valence-electron chi connectivity index (χ2n) is 1.65. The molecule has 0 radical (unpaired) electrons. The topological polar surface area (TPSA) is 43.4 Å². The standard InChI is InChI=1S/C6H9IO3/c1-2-10-6(9)5(3-7)4-8/h4-5H,2-3H2,1H3. The van der Waals surface area contributed by atoms with Gasteiger partial charge in [0.15, 0.2) is 0 Å². The van der Waals surface area contributed by atoms with Gasteiger partial charge >= 0.3 is 5.97 Å². The Morgan fingerprint density at radius 1 is 1.80 bits per heavy atom. The number of ether oxygens (including phenoxy) is 1. The van der Waals surface area contributed by atoms with Gasteiger partial charge in [0.2, 0.25) is 0 Å². The Labute approximate surface area is 73.3 Å². The van der Waals surface area contributed by atoms with Crippen LogP contribution >= 0.6 is 22.6 Å². The molecule has 0 spiro atoms. The maximum absolute atomic E-state index is 10.7.